The summed E-state index contributed by atoms with van der Waals surface area (Å²) in [5.41, 5.74) is 7.01. The number of nitrogen functional groups attached to an aromatic ring is 1. The molecule has 0 atom stereocenters. The lowest BCUT2D eigenvalue weighted by atomic mass is 10.1. The fourth-order valence-corrected chi connectivity index (χ4v) is 2.89. The zero-order valence-corrected chi connectivity index (χ0v) is 12.3. The number of nitrogens with two attached hydrogens (primary N) is 1. The first-order valence-electron chi connectivity index (χ1n) is 6.17. The van der Waals surface area contributed by atoms with Crippen molar-refractivity contribution in [1.29, 1.82) is 0 Å². The minimum absolute atomic E-state index is 0.0630. The van der Waals surface area contributed by atoms with Crippen molar-refractivity contribution >= 4 is 34.6 Å². The van der Waals surface area contributed by atoms with Gasteiger partial charge in [-0.2, -0.15) is 0 Å². The Morgan fingerprint density at radius 2 is 1.72 bits per heavy atom. The van der Waals surface area contributed by atoms with Gasteiger partial charge in [-0.1, -0.05) is 37.0 Å². The molecule has 0 saturated carbocycles. The predicted molar refractivity (Wildman–Crippen MR) is 79.7 cm³/mol. The summed E-state index contributed by atoms with van der Waals surface area (Å²) in [6.45, 7) is 4.79. The monoisotopic (exact) mass is 290 g/mol. The molecule has 0 unspecified atom stereocenters. The zero-order chi connectivity index (χ0) is 13.7. The number of halogens is 2. The van der Waals surface area contributed by atoms with E-state index in [4.69, 9.17) is 28.9 Å². The number of benzene rings is 1. The zero-order valence-electron chi connectivity index (χ0n) is 10.8. The molecule has 5 heteroatoms. The standard InChI is InChI=1S/C13H20Cl2N2O/c1-3-10(4-2)17(5-6-18)13-11(14)7-9(16)8-12(13)15/h7-8,10,18H,3-6,16H2,1-2H3. The maximum absolute atomic E-state index is 9.22. The van der Waals surface area contributed by atoms with Crippen molar-refractivity contribution in [2.75, 3.05) is 23.8 Å². The maximum atomic E-state index is 9.22. The van der Waals surface area contributed by atoms with E-state index in [1.165, 1.54) is 0 Å². The number of rotatable bonds is 6. The van der Waals surface area contributed by atoms with E-state index in [1.54, 1.807) is 12.1 Å². The van der Waals surface area contributed by atoms with Crippen LogP contribution in [-0.2, 0) is 0 Å². The number of anilines is 2. The second-order valence-corrected chi connectivity index (χ2v) is 5.03. The average Bonchev–Trinajstić information content (AvgIpc) is 2.29. The van der Waals surface area contributed by atoms with Crippen LogP contribution >= 0.6 is 23.2 Å². The molecule has 0 bridgehead atoms. The second kappa shape index (κ2) is 7.07. The van der Waals surface area contributed by atoms with Gasteiger partial charge in [0, 0.05) is 18.3 Å². The van der Waals surface area contributed by atoms with Crippen molar-refractivity contribution in [3.05, 3.63) is 22.2 Å². The van der Waals surface area contributed by atoms with Crippen LogP contribution in [0.5, 0.6) is 0 Å². The van der Waals surface area contributed by atoms with Crippen molar-refractivity contribution in [2.24, 2.45) is 0 Å². The molecule has 0 radical (unpaired) electrons. The molecule has 0 aliphatic rings. The molecule has 0 aliphatic heterocycles. The summed E-state index contributed by atoms with van der Waals surface area (Å²) in [6.07, 6.45) is 1.93. The quantitative estimate of drug-likeness (QED) is 0.788. The van der Waals surface area contributed by atoms with E-state index in [1.807, 2.05) is 0 Å². The summed E-state index contributed by atoms with van der Waals surface area (Å²) < 4.78 is 0. The van der Waals surface area contributed by atoms with E-state index < -0.39 is 0 Å². The van der Waals surface area contributed by atoms with Crippen LogP contribution < -0.4 is 10.6 Å². The Labute approximate surface area is 118 Å². The second-order valence-electron chi connectivity index (χ2n) is 4.22. The summed E-state index contributed by atoms with van der Waals surface area (Å²) in [4.78, 5) is 2.06. The SMILES string of the molecule is CCC(CC)N(CCO)c1c(Cl)cc(N)cc1Cl. The van der Waals surface area contributed by atoms with E-state index in [-0.39, 0.29) is 6.61 Å². The van der Waals surface area contributed by atoms with E-state index in [9.17, 15) is 5.11 Å². The van der Waals surface area contributed by atoms with Crippen molar-refractivity contribution in [2.45, 2.75) is 32.7 Å². The molecule has 0 saturated heterocycles. The molecule has 1 rings (SSSR count). The molecule has 0 heterocycles. The van der Waals surface area contributed by atoms with Crippen molar-refractivity contribution in [1.82, 2.24) is 0 Å². The first-order valence-corrected chi connectivity index (χ1v) is 6.92. The highest BCUT2D eigenvalue weighted by molar-refractivity contribution is 6.39. The van der Waals surface area contributed by atoms with Gasteiger partial charge in [0.1, 0.15) is 0 Å². The summed E-state index contributed by atoms with van der Waals surface area (Å²) in [5, 5.41) is 10.3. The largest absolute Gasteiger partial charge is 0.399 e. The first kappa shape index (κ1) is 15.4. The van der Waals surface area contributed by atoms with Crippen molar-refractivity contribution < 1.29 is 5.11 Å². The normalized spacial score (nSPS) is 11.0. The number of hydrogen-bond donors (Lipinski definition) is 2. The minimum Gasteiger partial charge on any atom is -0.399 e. The summed E-state index contributed by atoms with van der Waals surface area (Å²) in [7, 11) is 0. The lowest BCUT2D eigenvalue weighted by Gasteiger charge is -2.33. The van der Waals surface area contributed by atoms with Gasteiger partial charge in [-0.15, -0.1) is 0 Å². The van der Waals surface area contributed by atoms with E-state index >= 15 is 0 Å². The van der Waals surface area contributed by atoms with Crippen LogP contribution in [0.25, 0.3) is 0 Å². The molecular weight excluding hydrogens is 271 g/mol. The van der Waals surface area contributed by atoms with Gasteiger partial charge in [0.25, 0.3) is 0 Å². The molecule has 18 heavy (non-hydrogen) atoms. The molecule has 0 aliphatic carbocycles. The summed E-state index contributed by atoms with van der Waals surface area (Å²) >= 11 is 12.5. The molecule has 0 aromatic heterocycles. The van der Waals surface area contributed by atoms with E-state index in [0.717, 1.165) is 18.5 Å². The first-order chi connectivity index (χ1) is 8.54. The Bertz CT molecular complexity index is 372. The highest BCUT2D eigenvalue weighted by Crippen LogP contribution is 2.37. The van der Waals surface area contributed by atoms with Gasteiger partial charge in [-0.05, 0) is 25.0 Å². The lowest BCUT2D eigenvalue weighted by molar-refractivity contribution is 0.296. The van der Waals surface area contributed by atoms with Crippen LogP contribution in [0.1, 0.15) is 26.7 Å². The fourth-order valence-electron chi connectivity index (χ4n) is 2.17. The van der Waals surface area contributed by atoms with Gasteiger partial charge in [0.15, 0.2) is 0 Å². The Hall–Kier alpha value is -0.640. The molecule has 3 N–H and O–H groups in total. The summed E-state index contributed by atoms with van der Waals surface area (Å²) in [6, 6.07) is 3.68. The van der Waals surface area contributed by atoms with E-state index in [2.05, 4.69) is 18.7 Å². The topological polar surface area (TPSA) is 49.5 Å². The van der Waals surface area contributed by atoms with Gasteiger partial charge in [-0.3, -0.25) is 0 Å². The number of aliphatic hydroxyl groups is 1. The Kier molecular flexibility index (Phi) is 6.06. The fraction of sp³-hybridized carbons (Fsp3) is 0.538. The predicted octanol–water partition coefficient (Wildman–Crippen LogP) is 3.56. The lowest BCUT2D eigenvalue weighted by Crippen LogP contribution is -2.37. The number of nitrogens with zero attached hydrogens (tertiary/aromatic N) is 1. The Morgan fingerprint density at radius 1 is 1.22 bits per heavy atom. The molecule has 0 spiro atoms. The van der Waals surface area contributed by atoms with Gasteiger partial charge in [0.05, 0.1) is 22.3 Å². The van der Waals surface area contributed by atoms with Gasteiger partial charge >= 0.3 is 0 Å². The molecule has 0 fully saturated rings. The third-order valence-corrected chi connectivity index (χ3v) is 3.63. The van der Waals surface area contributed by atoms with Crippen LogP contribution in [0.3, 0.4) is 0 Å². The van der Waals surface area contributed by atoms with Crippen molar-refractivity contribution in [3.63, 3.8) is 0 Å². The number of hydrogen-bond acceptors (Lipinski definition) is 3. The minimum atomic E-state index is 0.0630. The van der Waals surface area contributed by atoms with Gasteiger partial charge in [0.2, 0.25) is 0 Å². The highest BCUT2D eigenvalue weighted by Gasteiger charge is 2.20. The third kappa shape index (κ3) is 3.44. The van der Waals surface area contributed by atoms with Crippen LogP contribution in [0, 0.1) is 0 Å². The average molecular weight is 291 g/mol. The van der Waals surface area contributed by atoms with Crippen molar-refractivity contribution in [3.8, 4) is 0 Å². The Balaban J connectivity index is 3.20. The number of aliphatic hydroxyl groups excluding tert-OH is 1. The molecule has 1 aromatic carbocycles. The van der Waals surface area contributed by atoms with Crippen LogP contribution in [0.2, 0.25) is 10.0 Å². The molecule has 1 aromatic rings. The molecular formula is C13H20Cl2N2O. The third-order valence-electron chi connectivity index (χ3n) is 3.05. The van der Waals surface area contributed by atoms with Crippen LogP contribution in [-0.4, -0.2) is 24.3 Å². The molecule has 0 amide bonds. The van der Waals surface area contributed by atoms with Crippen LogP contribution in [0.4, 0.5) is 11.4 Å². The smallest absolute Gasteiger partial charge is 0.0749 e. The van der Waals surface area contributed by atoms with Crippen LogP contribution in [0.15, 0.2) is 12.1 Å². The Morgan fingerprint density at radius 3 is 2.11 bits per heavy atom. The maximum Gasteiger partial charge on any atom is 0.0749 e. The van der Waals surface area contributed by atoms with E-state index in [0.29, 0.717) is 28.3 Å². The van der Waals surface area contributed by atoms with Gasteiger partial charge < -0.3 is 15.7 Å². The molecule has 3 nitrogen and oxygen atoms in total. The summed E-state index contributed by atoms with van der Waals surface area (Å²) in [5.74, 6) is 0. The molecule has 102 valence electrons. The highest BCUT2D eigenvalue weighted by atomic mass is 35.5. The van der Waals surface area contributed by atoms with Gasteiger partial charge in [-0.25, -0.2) is 0 Å².